The first kappa shape index (κ1) is 16.4. The van der Waals surface area contributed by atoms with Gasteiger partial charge >= 0.3 is 0 Å². The van der Waals surface area contributed by atoms with Crippen molar-refractivity contribution in [2.45, 2.75) is 29.0 Å². The molecule has 1 saturated carbocycles. The zero-order valence-corrected chi connectivity index (χ0v) is 15.5. The second-order valence-corrected chi connectivity index (χ2v) is 9.55. The summed E-state index contributed by atoms with van der Waals surface area (Å²) in [6.45, 7) is 2.09. The van der Waals surface area contributed by atoms with E-state index in [4.69, 9.17) is 0 Å². The van der Waals surface area contributed by atoms with Crippen molar-refractivity contribution < 1.29 is 8.42 Å². The zero-order chi connectivity index (χ0) is 17.7. The summed E-state index contributed by atoms with van der Waals surface area (Å²) in [6, 6.07) is 13.4. The molecule has 6 nitrogen and oxygen atoms in total. The molecule has 1 fully saturated rings. The highest BCUT2D eigenvalue weighted by molar-refractivity contribution is 7.91. The summed E-state index contributed by atoms with van der Waals surface area (Å²) in [4.78, 5) is 0.828. The van der Waals surface area contributed by atoms with Crippen molar-refractivity contribution in [3.63, 3.8) is 0 Å². The van der Waals surface area contributed by atoms with Crippen LogP contribution in [0.15, 0.2) is 52.9 Å². The molecule has 8 heteroatoms. The monoisotopic (exact) mass is 374 g/mol. The molecule has 0 saturated heterocycles. The van der Waals surface area contributed by atoms with Crippen molar-refractivity contribution in [3.05, 3.63) is 54.2 Å². The van der Waals surface area contributed by atoms with E-state index in [2.05, 4.69) is 22.0 Å². The fraction of sp³-hybridized carbons (Fsp3) is 0.294. The molecule has 1 aliphatic rings. The Balaban J connectivity index is 1.54. The van der Waals surface area contributed by atoms with E-state index >= 15 is 0 Å². The van der Waals surface area contributed by atoms with Gasteiger partial charge in [-0.2, -0.15) is 0 Å². The van der Waals surface area contributed by atoms with Gasteiger partial charge in [-0.15, -0.1) is 16.4 Å². The summed E-state index contributed by atoms with van der Waals surface area (Å²) in [5.41, 5.74) is 1.82. The lowest BCUT2D eigenvalue weighted by Gasteiger charge is -2.12. The first-order valence-electron chi connectivity index (χ1n) is 7.93. The Morgan fingerprint density at radius 3 is 2.68 bits per heavy atom. The van der Waals surface area contributed by atoms with Gasteiger partial charge < -0.3 is 0 Å². The molecular formula is C17H18N4O2S2. The van der Waals surface area contributed by atoms with E-state index in [9.17, 15) is 8.42 Å². The summed E-state index contributed by atoms with van der Waals surface area (Å²) in [5.74, 6) is 0. The smallest absolute Gasteiger partial charge is 0.247 e. The van der Waals surface area contributed by atoms with Gasteiger partial charge in [0.2, 0.25) is 10.0 Å². The van der Waals surface area contributed by atoms with Crippen molar-refractivity contribution >= 4 is 21.4 Å². The average Bonchev–Trinajstić information content (AvgIpc) is 2.99. The van der Waals surface area contributed by atoms with E-state index in [0.717, 1.165) is 22.6 Å². The first-order chi connectivity index (χ1) is 11.9. The average molecular weight is 374 g/mol. The van der Waals surface area contributed by atoms with Gasteiger partial charge in [0.05, 0.1) is 16.8 Å². The van der Waals surface area contributed by atoms with Crippen LogP contribution in [-0.2, 0) is 22.5 Å². The summed E-state index contributed by atoms with van der Waals surface area (Å²) in [7, 11) is -1.76. The van der Waals surface area contributed by atoms with Gasteiger partial charge in [-0.1, -0.05) is 42.5 Å². The third kappa shape index (κ3) is 2.90. The Kier molecular flexibility index (Phi) is 3.78. The minimum absolute atomic E-state index is 0.0798. The molecule has 25 heavy (non-hydrogen) atoms. The third-order valence-corrected chi connectivity index (χ3v) is 7.85. The number of aromatic nitrogens is 3. The SMILES string of the molecule is Cn1nncc1-c1ccc(S(=O)(=O)N[C@H]2C[C@]2(C)c2ccccc2)s1. The molecule has 2 aromatic heterocycles. The van der Waals surface area contributed by atoms with E-state index < -0.39 is 10.0 Å². The van der Waals surface area contributed by atoms with Gasteiger partial charge in [0.1, 0.15) is 4.21 Å². The predicted octanol–water partition coefficient (Wildman–Crippen LogP) is 2.55. The highest BCUT2D eigenvalue weighted by atomic mass is 32.2. The molecule has 3 aromatic rings. The molecule has 0 radical (unpaired) electrons. The van der Waals surface area contributed by atoms with E-state index in [0.29, 0.717) is 4.21 Å². The summed E-state index contributed by atoms with van der Waals surface area (Å²) < 4.78 is 30.3. The number of hydrogen-bond acceptors (Lipinski definition) is 5. The molecule has 0 bridgehead atoms. The Labute approximate surface area is 150 Å². The highest BCUT2D eigenvalue weighted by Gasteiger charge is 2.53. The van der Waals surface area contributed by atoms with Crippen molar-refractivity contribution in [2.24, 2.45) is 7.05 Å². The summed E-state index contributed by atoms with van der Waals surface area (Å²) >= 11 is 1.23. The Morgan fingerprint density at radius 1 is 1.24 bits per heavy atom. The summed E-state index contributed by atoms with van der Waals surface area (Å²) in [5, 5.41) is 7.72. The van der Waals surface area contributed by atoms with Crippen LogP contribution < -0.4 is 4.72 Å². The Bertz CT molecular complexity index is 1010. The van der Waals surface area contributed by atoms with Crippen molar-refractivity contribution in [3.8, 4) is 10.6 Å². The lowest BCUT2D eigenvalue weighted by Crippen LogP contribution is -2.29. The number of sulfonamides is 1. The van der Waals surface area contributed by atoms with Crippen LogP contribution >= 0.6 is 11.3 Å². The predicted molar refractivity (Wildman–Crippen MR) is 96.8 cm³/mol. The molecule has 1 aliphatic carbocycles. The maximum atomic E-state index is 12.7. The number of nitrogens with one attached hydrogen (secondary N) is 1. The highest BCUT2D eigenvalue weighted by Crippen LogP contribution is 2.48. The van der Waals surface area contributed by atoms with Gasteiger partial charge in [-0.05, 0) is 24.1 Å². The normalized spacial score (nSPS) is 22.9. The van der Waals surface area contributed by atoms with Gasteiger partial charge in [-0.25, -0.2) is 17.8 Å². The van der Waals surface area contributed by atoms with Crippen LogP contribution in [0.2, 0.25) is 0 Å². The second-order valence-electron chi connectivity index (χ2n) is 6.52. The molecule has 4 rings (SSSR count). The van der Waals surface area contributed by atoms with Gasteiger partial charge in [0.25, 0.3) is 0 Å². The lowest BCUT2D eigenvalue weighted by molar-refractivity contribution is 0.576. The van der Waals surface area contributed by atoms with Crippen LogP contribution in [0.5, 0.6) is 0 Å². The minimum atomic E-state index is -3.54. The zero-order valence-electron chi connectivity index (χ0n) is 13.9. The van der Waals surface area contributed by atoms with Crippen LogP contribution in [0.1, 0.15) is 18.9 Å². The molecule has 130 valence electrons. The van der Waals surface area contributed by atoms with Crippen molar-refractivity contribution in [1.29, 1.82) is 0 Å². The molecule has 0 unspecified atom stereocenters. The Hall–Kier alpha value is -2.03. The molecule has 0 spiro atoms. The van der Waals surface area contributed by atoms with Gasteiger partial charge in [0, 0.05) is 18.5 Å². The molecule has 1 N–H and O–H groups in total. The van der Waals surface area contributed by atoms with Crippen LogP contribution in [0.3, 0.4) is 0 Å². The number of aryl methyl sites for hydroxylation is 1. The van der Waals surface area contributed by atoms with Crippen LogP contribution in [-0.4, -0.2) is 29.5 Å². The lowest BCUT2D eigenvalue weighted by atomic mass is 9.98. The molecule has 0 aliphatic heterocycles. The number of benzene rings is 1. The summed E-state index contributed by atoms with van der Waals surface area (Å²) in [6.07, 6.45) is 2.43. The minimum Gasteiger partial charge on any atom is -0.247 e. The molecule has 0 amide bonds. The van der Waals surface area contributed by atoms with Crippen molar-refractivity contribution in [1.82, 2.24) is 19.7 Å². The van der Waals surface area contributed by atoms with E-state index in [-0.39, 0.29) is 11.5 Å². The largest absolute Gasteiger partial charge is 0.250 e. The van der Waals surface area contributed by atoms with Crippen LogP contribution in [0.4, 0.5) is 0 Å². The molecular weight excluding hydrogens is 356 g/mol. The maximum absolute atomic E-state index is 12.7. The number of hydrogen-bond donors (Lipinski definition) is 1. The van der Waals surface area contributed by atoms with Crippen LogP contribution in [0.25, 0.3) is 10.6 Å². The van der Waals surface area contributed by atoms with Gasteiger partial charge in [-0.3, -0.25) is 0 Å². The Morgan fingerprint density at radius 2 is 2.00 bits per heavy atom. The van der Waals surface area contributed by atoms with E-state index in [1.165, 1.54) is 11.3 Å². The topological polar surface area (TPSA) is 76.9 Å². The fourth-order valence-electron chi connectivity index (χ4n) is 3.04. The third-order valence-electron chi connectivity index (χ3n) is 4.78. The van der Waals surface area contributed by atoms with Gasteiger partial charge in [0.15, 0.2) is 0 Å². The number of nitrogens with zero attached hydrogens (tertiary/aromatic N) is 3. The van der Waals surface area contributed by atoms with E-state index in [1.54, 1.807) is 30.1 Å². The number of rotatable bonds is 5. The van der Waals surface area contributed by atoms with Crippen molar-refractivity contribution in [2.75, 3.05) is 0 Å². The maximum Gasteiger partial charge on any atom is 0.250 e. The molecule has 1 aromatic carbocycles. The second kappa shape index (κ2) is 5.76. The number of thiophene rings is 1. The molecule has 2 atom stereocenters. The van der Waals surface area contributed by atoms with Crippen LogP contribution in [0, 0.1) is 0 Å². The standard InChI is InChI=1S/C17H18N4O2S2/c1-17(12-6-4-3-5-7-12)10-15(17)19-25(22,23)16-9-8-14(24-16)13-11-18-20-21(13)2/h3-9,11,15,19H,10H2,1-2H3/t15-,17+/m0/s1. The quantitative estimate of drug-likeness (QED) is 0.745. The first-order valence-corrected chi connectivity index (χ1v) is 10.2. The van der Waals surface area contributed by atoms with E-state index in [1.807, 2.05) is 30.3 Å². The fourth-order valence-corrected chi connectivity index (χ4v) is 5.75. The molecule has 2 heterocycles.